The van der Waals surface area contributed by atoms with Crippen LogP contribution in [-0.2, 0) is 4.74 Å². The van der Waals surface area contributed by atoms with E-state index in [0.717, 1.165) is 4.88 Å². The molecule has 1 fully saturated rings. The quantitative estimate of drug-likeness (QED) is 0.918. The summed E-state index contributed by atoms with van der Waals surface area (Å²) in [5.41, 5.74) is 0.433. The van der Waals surface area contributed by atoms with Crippen molar-refractivity contribution in [3.8, 4) is 6.07 Å². The van der Waals surface area contributed by atoms with Crippen molar-refractivity contribution in [2.45, 2.75) is 18.6 Å². The molecule has 2 aromatic rings. The van der Waals surface area contributed by atoms with Gasteiger partial charge < -0.3 is 14.7 Å². The number of aromatic nitrogens is 1. The van der Waals surface area contributed by atoms with Gasteiger partial charge in [-0.15, -0.1) is 11.3 Å². The van der Waals surface area contributed by atoms with Crippen molar-refractivity contribution >= 4 is 28.8 Å². The smallest absolute Gasteiger partial charge is 0.147 e. The van der Waals surface area contributed by atoms with E-state index in [4.69, 9.17) is 21.6 Å². The molecule has 1 aliphatic rings. The Morgan fingerprint density at radius 1 is 1.61 bits per heavy atom. The van der Waals surface area contributed by atoms with Crippen molar-refractivity contribution in [1.82, 2.24) is 4.98 Å². The summed E-state index contributed by atoms with van der Waals surface area (Å²) in [7, 11) is 0. The first-order valence-corrected chi connectivity index (χ1v) is 8.56. The van der Waals surface area contributed by atoms with Gasteiger partial charge in [0.15, 0.2) is 0 Å². The molecular formula is C16H16ClN3O2S. The molecule has 3 heterocycles. The number of thiophene rings is 1. The number of hydrogen-bond donors (Lipinski definition) is 1. The molecule has 0 aromatic carbocycles. The predicted molar refractivity (Wildman–Crippen MR) is 89.8 cm³/mol. The van der Waals surface area contributed by atoms with Crippen molar-refractivity contribution in [3.63, 3.8) is 0 Å². The monoisotopic (exact) mass is 349 g/mol. The number of ether oxygens (including phenoxy) is 1. The number of rotatable bonds is 4. The van der Waals surface area contributed by atoms with Crippen LogP contribution in [0.2, 0.25) is 5.02 Å². The van der Waals surface area contributed by atoms with E-state index in [1.54, 1.807) is 6.07 Å². The van der Waals surface area contributed by atoms with Crippen molar-refractivity contribution in [3.05, 3.63) is 45.2 Å². The molecule has 0 unspecified atom stereocenters. The summed E-state index contributed by atoms with van der Waals surface area (Å²) >= 11 is 7.82. The van der Waals surface area contributed by atoms with Gasteiger partial charge >= 0.3 is 0 Å². The molecule has 0 bridgehead atoms. The molecule has 0 aliphatic carbocycles. The summed E-state index contributed by atoms with van der Waals surface area (Å²) in [5, 5.41) is 21.7. The average molecular weight is 350 g/mol. The lowest BCUT2D eigenvalue weighted by atomic mass is 10.1. The van der Waals surface area contributed by atoms with E-state index in [-0.39, 0.29) is 6.04 Å². The number of halogens is 1. The topological polar surface area (TPSA) is 69.4 Å². The second-order valence-electron chi connectivity index (χ2n) is 5.33. The van der Waals surface area contributed by atoms with Gasteiger partial charge in [-0.2, -0.15) is 5.26 Å². The van der Waals surface area contributed by atoms with Crippen LogP contribution >= 0.6 is 22.9 Å². The Kier molecular flexibility index (Phi) is 5.13. The fraction of sp³-hybridized carbons (Fsp3) is 0.375. The number of nitriles is 1. The fourth-order valence-corrected chi connectivity index (χ4v) is 3.69. The summed E-state index contributed by atoms with van der Waals surface area (Å²) in [6.07, 6.45) is 1.52. The zero-order valence-corrected chi connectivity index (χ0v) is 13.9. The highest BCUT2D eigenvalue weighted by Gasteiger charge is 2.28. The summed E-state index contributed by atoms with van der Waals surface area (Å²) < 4.78 is 5.56. The van der Waals surface area contributed by atoms with Crippen LogP contribution < -0.4 is 4.90 Å². The van der Waals surface area contributed by atoms with Gasteiger partial charge in [-0.3, -0.25) is 0 Å². The number of nitrogens with zero attached hydrogens (tertiary/aromatic N) is 3. The molecule has 0 amide bonds. The molecule has 0 spiro atoms. The normalized spacial score (nSPS) is 19.3. The van der Waals surface area contributed by atoms with Crippen LogP contribution in [0.4, 0.5) is 5.82 Å². The highest BCUT2D eigenvalue weighted by molar-refractivity contribution is 7.10. The lowest BCUT2D eigenvalue weighted by molar-refractivity contribution is 0.0684. The van der Waals surface area contributed by atoms with Crippen LogP contribution in [-0.4, -0.2) is 35.9 Å². The van der Waals surface area contributed by atoms with Gasteiger partial charge in [0.2, 0.25) is 0 Å². The lowest BCUT2D eigenvalue weighted by Crippen LogP contribution is -2.46. The number of hydrogen-bond acceptors (Lipinski definition) is 6. The molecule has 7 heteroatoms. The summed E-state index contributed by atoms with van der Waals surface area (Å²) in [6, 6.07) is 7.49. The van der Waals surface area contributed by atoms with E-state index in [0.29, 0.717) is 42.6 Å². The first-order chi connectivity index (χ1) is 11.2. The third-order valence-corrected chi connectivity index (χ3v) is 5.07. The molecule has 2 aromatic heterocycles. The van der Waals surface area contributed by atoms with Crippen LogP contribution in [0.1, 0.15) is 23.0 Å². The maximum atomic E-state index is 10.4. The molecule has 1 aliphatic heterocycles. The standard InChI is InChI=1S/C16H16ClN3O2S/c17-13-6-11(8-18)9-19-16(13)20-3-4-22-10-12(20)7-14(21)15-2-1-5-23-15/h1-2,5-6,9,12,14,21H,3-4,7,10H2/t12-,14-/m1/s1. The van der Waals surface area contributed by atoms with Crippen LogP contribution in [0.5, 0.6) is 0 Å². The minimum absolute atomic E-state index is 0.0150. The minimum atomic E-state index is -0.540. The first kappa shape index (κ1) is 16.2. The highest BCUT2D eigenvalue weighted by Crippen LogP contribution is 2.31. The minimum Gasteiger partial charge on any atom is -0.387 e. The van der Waals surface area contributed by atoms with E-state index in [1.807, 2.05) is 23.6 Å². The number of aliphatic hydroxyl groups is 1. The Hall–Kier alpha value is -1.65. The summed E-state index contributed by atoms with van der Waals surface area (Å²) in [4.78, 5) is 7.33. The molecule has 1 saturated heterocycles. The maximum Gasteiger partial charge on any atom is 0.147 e. The van der Waals surface area contributed by atoms with Crippen LogP contribution in [0.15, 0.2) is 29.8 Å². The third-order valence-electron chi connectivity index (χ3n) is 3.82. The molecule has 120 valence electrons. The van der Waals surface area contributed by atoms with Crippen LogP contribution in [0.3, 0.4) is 0 Å². The Labute approximate surface area is 143 Å². The Bertz CT molecular complexity index is 702. The van der Waals surface area contributed by atoms with E-state index in [2.05, 4.69) is 9.88 Å². The number of pyridine rings is 1. The van der Waals surface area contributed by atoms with Crippen LogP contribution in [0, 0.1) is 11.3 Å². The number of anilines is 1. The second-order valence-corrected chi connectivity index (χ2v) is 6.72. The van der Waals surface area contributed by atoms with Gasteiger partial charge in [0, 0.05) is 24.0 Å². The van der Waals surface area contributed by atoms with Crippen molar-refractivity contribution < 1.29 is 9.84 Å². The van der Waals surface area contributed by atoms with Gasteiger partial charge in [-0.1, -0.05) is 17.7 Å². The van der Waals surface area contributed by atoms with E-state index in [9.17, 15) is 5.11 Å². The Morgan fingerprint density at radius 3 is 3.17 bits per heavy atom. The largest absolute Gasteiger partial charge is 0.387 e. The second kappa shape index (κ2) is 7.28. The summed E-state index contributed by atoms with van der Waals surface area (Å²) in [5.74, 6) is 0.636. The zero-order chi connectivity index (χ0) is 16.2. The number of morpholine rings is 1. The first-order valence-electron chi connectivity index (χ1n) is 7.30. The van der Waals surface area contributed by atoms with Gasteiger partial charge in [0.25, 0.3) is 0 Å². The lowest BCUT2D eigenvalue weighted by Gasteiger charge is -2.37. The van der Waals surface area contributed by atoms with Crippen molar-refractivity contribution in [2.75, 3.05) is 24.7 Å². The van der Waals surface area contributed by atoms with Crippen LogP contribution in [0.25, 0.3) is 0 Å². The predicted octanol–water partition coefficient (Wildman–Crippen LogP) is 3.00. The van der Waals surface area contributed by atoms with E-state index >= 15 is 0 Å². The van der Waals surface area contributed by atoms with Gasteiger partial charge in [0.05, 0.1) is 35.9 Å². The highest BCUT2D eigenvalue weighted by atomic mass is 35.5. The van der Waals surface area contributed by atoms with E-state index < -0.39 is 6.10 Å². The third kappa shape index (κ3) is 3.65. The van der Waals surface area contributed by atoms with Crippen molar-refractivity contribution in [1.29, 1.82) is 5.26 Å². The SMILES string of the molecule is N#Cc1cnc(N2CCOC[C@H]2C[C@@H](O)c2cccs2)c(Cl)c1. The number of aliphatic hydroxyl groups excluding tert-OH is 1. The van der Waals surface area contributed by atoms with Gasteiger partial charge in [-0.25, -0.2) is 4.98 Å². The average Bonchev–Trinajstić information content (AvgIpc) is 3.10. The van der Waals surface area contributed by atoms with E-state index in [1.165, 1.54) is 17.5 Å². The molecular weight excluding hydrogens is 334 g/mol. The zero-order valence-electron chi connectivity index (χ0n) is 12.4. The summed E-state index contributed by atoms with van der Waals surface area (Å²) in [6.45, 7) is 1.75. The molecule has 2 atom stereocenters. The molecule has 1 N–H and O–H groups in total. The van der Waals surface area contributed by atoms with Gasteiger partial charge in [-0.05, 0) is 17.5 Å². The fourth-order valence-electron chi connectivity index (χ4n) is 2.69. The Balaban J connectivity index is 1.80. The molecule has 5 nitrogen and oxygen atoms in total. The molecule has 0 radical (unpaired) electrons. The molecule has 0 saturated carbocycles. The van der Waals surface area contributed by atoms with Crippen molar-refractivity contribution in [2.24, 2.45) is 0 Å². The maximum absolute atomic E-state index is 10.4. The Morgan fingerprint density at radius 2 is 2.48 bits per heavy atom. The van der Waals surface area contributed by atoms with Gasteiger partial charge in [0.1, 0.15) is 11.9 Å². The molecule has 23 heavy (non-hydrogen) atoms. The molecule has 3 rings (SSSR count).